The number of hydrogen-bond acceptors (Lipinski definition) is 3. The van der Waals surface area contributed by atoms with Crippen LogP contribution in [0, 0.1) is 11.1 Å². The molecule has 1 N–H and O–H groups in total. The molecule has 0 aliphatic heterocycles. The van der Waals surface area contributed by atoms with Crippen LogP contribution in [0.3, 0.4) is 0 Å². The number of fused-ring (bicyclic) bond motifs is 3. The molecule has 1 aromatic carbocycles. The third-order valence-electron chi connectivity index (χ3n) is 3.67. The lowest BCUT2D eigenvalue weighted by Gasteiger charge is -2.04. The molecule has 104 valence electrons. The lowest BCUT2D eigenvalue weighted by atomic mass is 10.1. The van der Waals surface area contributed by atoms with E-state index in [2.05, 4.69) is 0 Å². The molecule has 0 radical (unpaired) electrons. The Morgan fingerprint density at radius 3 is 2.90 bits per heavy atom. The molecule has 0 aliphatic carbocycles. The molecule has 4 heteroatoms. The summed E-state index contributed by atoms with van der Waals surface area (Å²) in [6, 6.07) is 9.51. The minimum Gasteiger partial charge on any atom is -0.618 e. The van der Waals surface area contributed by atoms with Gasteiger partial charge in [0.25, 0.3) is 0 Å². The van der Waals surface area contributed by atoms with E-state index in [1.54, 1.807) is 0 Å². The third-order valence-corrected chi connectivity index (χ3v) is 3.67. The zero-order chi connectivity index (χ0) is 14.1. The third kappa shape index (κ3) is 2.23. The van der Waals surface area contributed by atoms with E-state index in [1.165, 1.54) is 6.20 Å². The van der Waals surface area contributed by atoms with Crippen LogP contribution in [0.25, 0.3) is 21.9 Å². The van der Waals surface area contributed by atoms with Gasteiger partial charge in [-0.25, -0.2) is 0 Å². The number of rotatable bonds is 4. The highest BCUT2D eigenvalue weighted by Crippen LogP contribution is 2.26. The van der Waals surface area contributed by atoms with E-state index in [0.717, 1.165) is 34.1 Å². The van der Waals surface area contributed by atoms with Crippen LogP contribution < -0.4 is 4.73 Å². The van der Waals surface area contributed by atoms with Gasteiger partial charge in [0.2, 0.25) is 11.7 Å². The van der Waals surface area contributed by atoms with Gasteiger partial charge >= 0.3 is 0 Å². The Kier molecular flexibility index (Phi) is 3.32. The first-order chi connectivity index (χ1) is 9.69. The van der Waals surface area contributed by atoms with E-state index in [-0.39, 0.29) is 12.5 Å². The van der Waals surface area contributed by atoms with Crippen molar-refractivity contribution in [3.63, 3.8) is 0 Å². The number of benzene rings is 1. The van der Waals surface area contributed by atoms with Gasteiger partial charge in [-0.1, -0.05) is 19.1 Å². The SMILES string of the molecule is CC(CO)CCc1cc2c(c[n+]([O-])c3ccccc23)o1. The number of aryl methyl sites for hydroxylation is 1. The molecule has 4 nitrogen and oxygen atoms in total. The minimum absolute atomic E-state index is 0.184. The second-order valence-electron chi connectivity index (χ2n) is 5.29. The van der Waals surface area contributed by atoms with Crippen LogP contribution in [0.4, 0.5) is 0 Å². The van der Waals surface area contributed by atoms with Gasteiger partial charge in [0.05, 0.1) is 5.39 Å². The van der Waals surface area contributed by atoms with Crippen molar-refractivity contribution >= 4 is 21.9 Å². The second-order valence-corrected chi connectivity index (χ2v) is 5.29. The fraction of sp³-hybridized carbons (Fsp3) is 0.312. The molecule has 0 fully saturated rings. The molecule has 3 rings (SSSR count). The first-order valence-electron chi connectivity index (χ1n) is 6.83. The summed E-state index contributed by atoms with van der Waals surface area (Å²) in [6.45, 7) is 2.19. The summed E-state index contributed by atoms with van der Waals surface area (Å²) in [5.41, 5.74) is 1.27. The number of aliphatic hydroxyl groups is 1. The Balaban J connectivity index is 2.04. The van der Waals surface area contributed by atoms with Crippen molar-refractivity contribution in [1.29, 1.82) is 0 Å². The van der Waals surface area contributed by atoms with Gasteiger partial charge in [0, 0.05) is 24.5 Å². The molecule has 3 aromatic rings. The summed E-state index contributed by atoms with van der Waals surface area (Å²) >= 11 is 0. The van der Waals surface area contributed by atoms with Crippen molar-refractivity contribution in [2.24, 2.45) is 5.92 Å². The molecule has 2 heterocycles. The Morgan fingerprint density at radius 1 is 1.30 bits per heavy atom. The minimum atomic E-state index is 0.184. The van der Waals surface area contributed by atoms with Crippen molar-refractivity contribution in [1.82, 2.24) is 0 Å². The van der Waals surface area contributed by atoms with Crippen LogP contribution in [0.15, 0.2) is 40.9 Å². The first-order valence-corrected chi connectivity index (χ1v) is 6.83. The average molecular weight is 271 g/mol. The Hall–Kier alpha value is -2.07. The van der Waals surface area contributed by atoms with E-state index in [0.29, 0.717) is 11.1 Å². The maximum absolute atomic E-state index is 11.9. The Bertz CT molecular complexity index is 748. The first kappa shape index (κ1) is 12.9. The maximum atomic E-state index is 11.9. The molecule has 0 bridgehead atoms. The number of hydrogen-bond donors (Lipinski definition) is 1. The molecule has 0 saturated heterocycles. The molecule has 2 aromatic heterocycles. The standard InChI is InChI=1S/C16H17NO3/c1-11(10-18)6-7-12-8-14-13-4-2-3-5-15(13)17(19)9-16(14)20-12/h2-5,8-9,11,18H,6-7,10H2,1H3. The summed E-state index contributed by atoms with van der Waals surface area (Å²) in [5.74, 6) is 1.11. The van der Waals surface area contributed by atoms with Crippen molar-refractivity contribution in [3.8, 4) is 0 Å². The lowest BCUT2D eigenvalue weighted by Crippen LogP contribution is -2.25. The van der Waals surface area contributed by atoms with Gasteiger partial charge in [-0.2, -0.15) is 4.73 Å². The van der Waals surface area contributed by atoms with Gasteiger partial charge in [-0.15, -0.1) is 0 Å². The number of aromatic nitrogens is 1. The van der Waals surface area contributed by atoms with Gasteiger partial charge in [-0.3, -0.25) is 0 Å². The zero-order valence-electron chi connectivity index (χ0n) is 11.4. The predicted octanol–water partition coefficient (Wildman–Crippen LogP) is 2.78. The number of pyridine rings is 1. The van der Waals surface area contributed by atoms with E-state index in [1.807, 2.05) is 37.3 Å². The second kappa shape index (κ2) is 5.13. The smallest absolute Gasteiger partial charge is 0.224 e. The van der Waals surface area contributed by atoms with E-state index in [4.69, 9.17) is 9.52 Å². The largest absolute Gasteiger partial charge is 0.618 e. The van der Waals surface area contributed by atoms with Crippen LogP contribution in [-0.2, 0) is 6.42 Å². The molecule has 1 unspecified atom stereocenters. The van der Waals surface area contributed by atoms with Crippen molar-refractivity contribution in [2.45, 2.75) is 19.8 Å². The summed E-state index contributed by atoms with van der Waals surface area (Å²) in [5, 5.41) is 22.9. The predicted molar refractivity (Wildman–Crippen MR) is 77.3 cm³/mol. The van der Waals surface area contributed by atoms with Crippen LogP contribution in [0.2, 0.25) is 0 Å². The Labute approximate surface area is 116 Å². The molecule has 20 heavy (non-hydrogen) atoms. The highest BCUT2D eigenvalue weighted by atomic mass is 16.5. The highest BCUT2D eigenvalue weighted by molar-refractivity contribution is 6.02. The maximum Gasteiger partial charge on any atom is 0.224 e. The molecule has 0 aliphatic rings. The van der Waals surface area contributed by atoms with Crippen LogP contribution in [-0.4, -0.2) is 11.7 Å². The molecule has 0 amide bonds. The van der Waals surface area contributed by atoms with E-state index >= 15 is 0 Å². The molecule has 0 saturated carbocycles. The van der Waals surface area contributed by atoms with Gasteiger partial charge < -0.3 is 14.7 Å². The zero-order valence-corrected chi connectivity index (χ0v) is 11.4. The van der Waals surface area contributed by atoms with Crippen LogP contribution in [0.1, 0.15) is 19.1 Å². The van der Waals surface area contributed by atoms with E-state index < -0.39 is 0 Å². The van der Waals surface area contributed by atoms with Crippen molar-refractivity contribution in [2.75, 3.05) is 6.61 Å². The van der Waals surface area contributed by atoms with Crippen LogP contribution >= 0.6 is 0 Å². The number of aliphatic hydroxyl groups excluding tert-OH is 1. The van der Waals surface area contributed by atoms with Crippen molar-refractivity contribution < 1.29 is 14.3 Å². The molecule has 0 spiro atoms. The quantitative estimate of drug-likeness (QED) is 0.586. The summed E-state index contributed by atoms with van der Waals surface area (Å²) < 4.78 is 6.60. The highest BCUT2D eigenvalue weighted by Gasteiger charge is 2.14. The average Bonchev–Trinajstić information content (AvgIpc) is 2.88. The monoisotopic (exact) mass is 271 g/mol. The normalized spacial score (nSPS) is 13.1. The number of furan rings is 1. The fourth-order valence-electron chi connectivity index (χ4n) is 2.44. The van der Waals surface area contributed by atoms with Crippen LogP contribution in [0.5, 0.6) is 0 Å². The summed E-state index contributed by atoms with van der Waals surface area (Å²) in [6.07, 6.45) is 3.12. The van der Waals surface area contributed by atoms with Gasteiger partial charge in [-0.05, 0) is 24.5 Å². The molecular formula is C16H17NO3. The number of nitrogens with zero attached hydrogens (tertiary/aromatic N) is 1. The van der Waals surface area contributed by atoms with Gasteiger partial charge in [0.1, 0.15) is 5.76 Å². The Morgan fingerprint density at radius 2 is 2.10 bits per heavy atom. The lowest BCUT2D eigenvalue weighted by molar-refractivity contribution is -0.575. The summed E-state index contributed by atoms with van der Waals surface area (Å²) in [7, 11) is 0. The topological polar surface area (TPSA) is 60.3 Å². The van der Waals surface area contributed by atoms with Crippen molar-refractivity contribution in [3.05, 3.63) is 47.5 Å². The van der Waals surface area contributed by atoms with E-state index in [9.17, 15) is 5.21 Å². The fourth-order valence-corrected chi connectivity index (χ4v) is 2.44. The summed E-state index contributed by atoms with van der Waals surface area (Å²) in [4.78, 5) is 0. The number of para-hydroxylation sites is 1. The van der Waals surface area contributed by atoms with Gasteiger partial charge in [0.15, 0.2) is 5.58 Å². The molecular weight excluding hydrogens is 254 g/mol. The molecule has 1 atom stereocenters.